The summed E-state index contributed by atoms with van der Waals surface area (Å²) in [5.74, 6) is -0.702. The zero-order valence-corrected chi connectivity index (χ0v) is 12.8. The third-order valence-electron chi connectivity index (χ3n) is 3.94. The second kappa shape index (κ2) is 5.59. The lowest BCUT2D eigenvalue weighted by atomic mass is 9.89. The molecule has 0 spiro atoms. The minimum absolute atomic E-state index is 0.0760. The van der Waals surface area contributed by atoms with E-state index < -0.39 is 5.82 Å². The summed E-state index contributed by atoms with van der Waals surface area (Å²) in [6, 6.07) is 4.82. The molecule has 19 heavy (non-hydrogen) atoms. The molecule has 0 aromatic heterocycles. The van der Waals surface area contributed by atoms with Crippen molar-refractivity contribution in [2.45, 2.75) is 25.3 Å². The molecule has 1 N–H and O–H groups in total. The van der Waals surface area contributed by atoms with Gasteiger partial charge in [0.15, 0.2) is 0 Å². The number of rotatable bonds is 2. The Morgan fingerprint density at radius 3 is 2.63 bits per heavy atom. The van der Waals surface area contributed by atoms with Crippen LogP contribution in [0.2, 0.25) is 0 Å². The van der Waals surface area contributed by atoms with Gasteiger partial charge in [0.1, 0.15) is 5.82 Å². The van der Waals surface area contributed by atoms with Crippen LogP contribution in [-0.4, -0.2) is 36.5 Å². The van der Waals surface area contributed by atoms with Gasteiger partial charge in [-0.2, -0.15) is 0 Å². The van der Waals surface area contributed by atoms with Crippen LogP contribution in [0.3, 0.4) is 0 Å². The first-order valence-corrected chi connectivity index (χ1v) is 7.18. The minimum atomic E-state index is -0.477. The summed E-state index contributed by atoms with van der Waals surface area (Å²) < 4.78 is 14.2. The summed E-state index contributed by atoms with van der Waals surface area (Å²) in [4.78, 5) is 14.0. The van der Waals surface area contributed by atoms with Gasteiger partial charge in [-0.25, -0.2) is 4.39 Å². The van der Waals surface area contributed by atoms with Crippen LogP contribution >= 0.6 is 15.9 Å². The van der Waals surface area contributed by atoms with E-state index in [1.807, 2.05) is 7.05 Å². The van der Waals surface area contributed by atoms with E-state index >= 15 is 0 Å². The lowest BCUT2D eigenvalue weighted by Gasteiger charge is -2.39. The molecule has 1 heterocycles. The average Bonchev–Trinajstić information content (AvgIpc) is 2.42. The van der Waals surface area contributed by atoms with Crippen molar-refractivity contribution in [2.75, 3.05) is 20.1 Å². The molecule has 2 rings (SSSR count). The van der Waals surface area contributed by atoms with Crippen LogP contribution < -0.4 is 5.32 Å². The van der Waals surface area contributed by atoms with E-state index in [2.05, 4.69) is 28.2 Å². The largest absolute Gasteiger partial charge is 0.338 e. The van der Waals surface area contributed by atoms with Gasteiger partial charge in [0, 0.05) is 18.6 Å². The quantitative estimate of drug-likeness (QED) is 0.905. The van der Waals surface area contributed by atoms with Crippen LogP contribution in [0.5, 0.6) is 0 Å². The Kier molecular flexibility index (Phi) is 4.26. The monoisotopic (exact) mass is 328 g/mol. The van der Waals surface area contributed by atoms with Gasteiger partial charge < -0.3 is 10.2 Å². The fourth-order valence-corrected chi connectivity index (χ4v) is 2.66. The van der Waals surface area contributed by atoms with Gasteiger partial charge in [0.25, 0.3) is 5.91 Å². The summed E-state index contributed by atoms with van der Waals surface area (Å²) in [6.07, 6.45) is 1.76. The number of piperidine rings is 1. The molecule has 1 aliphatic heterocycles. The predicted molar refractivity (Wildman–Crippen MR) is 76.7 cm³/mol. The maximum absolute atomic E-state index is 13.9. The summed E-state index contributed by atoms with van der Waals surface area (Å²) in [7, 11) is 1.94. The number of carbonyl (C=O) groups is 1. The molecule has 1 aliphatic rings. The lowest BCUT2D eigenvalue weighted by Crippen LogP contribution is -2.51. The van der Waals surface area contributed by atoms with Gasteiger partial charge in [-0.3, -0.25) is 4.79 Å². The fraction of sp³-hybridized carbons (Fsp3) is 0.500. The molecule has 0 atom stereocenters. The summed E-state index contributed by atoms with van der Waals surface area (Å²) in [5.41, 5.74) is 0.217. The molecule has 5 heteroatoms. The van der Waals surface area contributed by atoms with Gasteiger partial charge in [0.2, 0.25) is 0 Å². The maximum Gasteiger partial charge on any atom is 0.256 e. The minimum Gasteiger partial charge on any atom is -0.338 e. The number of benzene rings is 1. The van der Waals surface area contributed by atoms with Crippen molar-refractivity contribution in [3.05, 3.63) is 34.1 Å². The number of amides is 1. The molecular formula is C14H18BrFN2O. The van der Waals surface area contributed by atoms with Crippen molar-refractivity contribution in [2.24, 2.45) is 0 Å². The van der Waals surface area contributed by atoms with Crippen LogP contribution in [0.25, 0.3) is 0 Å². The van der Waals surface area contributed by atoms with Crippen molar-refractivity contribution in [3.63, 3.8) is 0 Å². The van der Waals surface area contributed by atoms with Crippen LogP contribution in [0, 0.1) is 5.82 Å². The molecule has 0 radical (unpaired) electrons. The Balaban J connectivity index is 2.12. The van der Waals surface area contributed by atoms with E-state index in [0.717, 1.165) is 12.8 Å². The van der Waals surface area contributed by atoms with Crippen molar-refractivity contribution in [3.8, 4) is 0 Å². The molecule has 3 nitrogen and oxygen atoms in total. The number of nitrogens with zero attached hydrogens (tertiary/aromatic N) is 1. The van der Waals surface area contributed by atoms with Gasteiger partial charge in [-0.1, -0.05) is 6.07 Å². The van der Waals surface area contributed by atoms with Crippen molar-refractivity contribution < 1.29 is 9.18 Å². The van der Waals surface area contributed by atoms with Gasteiger partial charge in [-0.05, 0) is 54.9 Å². The highest BCUT2D eigenvalue weighted by molar-refractivity contribution is 9.10. The molecule has 104 valence electrons. The molecule has 0 unspecified atom stereocenters. The smallest absolute Gasteiger partial charge is 0.256 e. The van der Waals surface area contributed by atoms with Crippen molar-refractivity contribution >= 4 is 21.8 Å². The highest BCUT2D eigenvalue weighted by Gasteiger charge is 2.31. The number of hydrogen-bond donors (Lipinski definition) is 1. The Morgan fingerprint density at radius 1 is 1.42 bits per heavy atom. The number of carbonyl (C=O) groups excluding carboxylic acids is 1. The first-order chi connectivity index (χ1) is 8.97. The lowest BCUT2D eigenvalue weighted by molar-refractivity contribution is 0.0657. The Morgan fingerprint density at radius 2 is 2.05 bits per heavy atom. The van der Waals surface area contributed by atoms with E-state index in [1.165, 1.54) is 6.07 Å². The molecule has 0 bridgehead atoms. The van der Waals surface area contributed by atoms with Crippen molar-refractivity contribution in [1.29, 1.82) is 0 Å². The molecule has 1 aromatic rings. The molecule has 0 aliphatic carbocycles. The van der Waals surface area contributed by atoms with Gasteiger partial charge >= 0.3 is 0 Å². The zero-order chi connectivity index (χ0) is 14.0. The highest BCUT2D eigenvalue weighted by Crippen LogP contribution is 2.24. The normalized spacial score (nSPS) is 18.4. The van der Waals surface area contributed by atoms with E-state index in [0.29, 0.717) is 17.6 Å². The molecule has 1 amide bonds. The average molecular weight is 329 g/mol. The van der Waals surface area contributed by atoms with Crippen LogP contribution in [0.1, 0.15) is 30.1 Å². The van der Waals surface area contributed by atoms with E-state index in [4.69, 9.17) is 0 Å². The van der Waals surface area contributed by atoms with E-state index in [9.17, 15) is 9.18 Å². The third kappa shape index (κ3) is 2.98. The fourth-order valence-electron chi connectivity index (χ4n) is 2.29. The number of likely N-dealkylation sites (tertiary alicyclic amines) is 1. The predicted octanol–water partition coefficient (Wildman–Crippen LogP) is 2.80. The van der Waals surface area contributed by atoms with E-state index in [1.54, 1.807) is 17.0 Å². The van der Waals surface area contributed by atoms with Gasteiger partial charge in [0.05, 0.1) is 10.0 Å². The summed E-state index contributed by atoms with van der Waals surface area (Å²) >= 11 is 3.11. The topological polar surface area (TPSA) is 32.3 Å². The SMILES string of the molecule is CNC1(C)CCN(C(=O)c2cccc(Br)c2F)CC1. The van der Waals surface area contributed by atoms with Crippen LogP contribution in [0.4, 0.5) is 4.39 Å². The number of halogens is 2. The van der Waals surface area contributed by atoms with E-state index in [-0.39, 0.29) is 17.0 Å². The molecule has 0 saturated carbocycles. The standard InChI is InChI=1S/C14H18BrFN2O/c1-14(17-2)6-8-18(9-7-14)13(19)10-4-3-5-11(15)12(10)16/h3-5,17H,6-9H2,1-2H3. The first kappa shape index (κ1) is 14.5. The molecule has 1 saturated heterocycles. The second-order valence-electron chi connectivity index (χ2n) is 5.20. The third-order valence-corrected chi connectivity index (χ3v) is 4.55. The first-order valence-electron chi connectivity index (χ1n) is 6.39. The number of nitrogens with one attached hydrogen (secondary N) is 1. The summed E-state index contributed by atoms with van der Waals surface area (Å²) in [6.45, 7) is 3.46. The Labute approximate surface area is 121 Å². The van der Waals surface area contributed by atoms with Crippen LogP contribution in [-0.2, 0) is 0 Å². The Hall–Kier alpha value is -0.940. The second-order valence-corrected chi connectivity index (χ2v) is 6.06. The zero-order valence-electron chi connectivity index (χ0n) is 11.2. The summed E-state index contributed by atoms with van der Waals surface area (Å²) in [5, 5.41) is 3.28. The Bertz CT molecular complexity index is 484. The molecule has 1 aromatic carbocycles. The van der Waals surface area contributed by atoms with Gasteiger partial charge in [-0.15, -0.1) is 0 Å². The highest BCUT2D eigenvalue weighted by atomic mass is 79.9. The maximum atomic E-state index is 13.9. The number of hydrogen-bond acceptors (Lipinski definition) is 2. The molecule has 1 fully saturated rings. The van der Waals surface area contributed by atoms with Crippen molar-refractivity contribution in [1.82, 2.24) is 10.2 Å². The molecular weight excluding hydrogens is 311 g/mol. The van der Waals surface area contributed by atoms with Crippen LogP contribution in [0.15, 0.2) is 22.7 Å².